The van der Waals surface area contributed by atoms with E-state index in [0.29, 0.717) is 28.7 Å². The van der Waals surface area contributed by atoms with Crippen LogP contribution in [0.5, 0.6) is 0 Å². The molecule has 0 bridgehead atoms. The van der Waals surface area contributed by atoms with Crippen LogP contribution in [-0.4, -0.2) is 55.0 Å². The Morgan fingerprint density at radius 2 is 1.79 bits per heavy atom. The van der Waals surface area contributed by atoms with Crippen molar-refractivity contribution in [1.29, 1.82) is 0 Å². The molecule has 1 heterocycles. The van der Waals surface area contributed by atoms with Crippen molar-refractivity contribution in [3.8, 4) is 5.69 Å². The van der Waals surface area contributed by atoms with Crippen LogP contribution in [0.25, 0.3) is 5.69 Å². The molecule has 176 valence electrons. The van der Waals surface area contributed by atoms with Gasteiger partial charge in [-0.2, -0.15) is 0 Å². The van der Waals surface area contributed by atoms with Crippen LogP contribution in [-0.2, 0) is 17.1 Å². The number of rotatable bonds is 8. The minimum Gasteiger partial charge on any atom is -0.361 e. The highest BCUT2D eigenvalue weighted by Crippen LogP contribution is 2.21. The number of para-hydroxylation sites is 1. The fraction of sp³-hybridized carbons (Fsp3) is 0.273. The van der Waals surface area contributed by atoms with Gasteiger partial charge < -0.3 is 15.5 Å². The summed E-state index contributed by atoms with van der Waals surface area (Å²) in [5.41, 5.74) is 1.20. The molecule has 0 aliphatic carbocycles. The minimum atomic E-state index is -4.02. The van der Waals surface area contributed by atoms with E-state index in [-0.39, 0.29) is 10.6 Å². The van der Waals surface area contributed by atoms with Crippen LogP contribution in [0.3, 0.4) is 0 Å². The highest BCUT2D eigenvalue weighted by Gasteiger charge is 2.22. The maximum Gasteiger partial charge on any atom is 0.296 e. The van der Waals surface area contributed by atoms with Gasteiger partial charge in [0.05, 0.1) is 16.3 Å². The highest BCUT2D eigenvalue weighted by atomic mass is 32.2. The van der Waals surface area contributed by atoms with Crippen molar-refractivity contribution in [2.75, 3.05) is 37.2 Å². The maximum atomic E-state index is 13.1. The van der Waals surface area contributed by atoms with Gasteiger partial charge in [-0.25, -0.2) is 13.1 Å². The summed E-state index contributed by atoms with van der Waals surface area (Å²) in [7, 11) is 1.61. The Hall–Kier alpha value is -3.15. The number of hydrogen-bond acceptors (Lipinski definition) is 5. The van der Waals surface area contributed by atoms with Crippen molar-refractivity contribution in [3.63, 3.8) is 0 Å². The van der Waals surface area contributed by atoms with Gasteiger partial charge in [0.1, 0.15) is 5.69 Å². The lowest BCUT2D eigenvalue weighted by Crippen LogP contribution is -2.34. The topological polar surface area (TPSA) is 100 Å². The largest absolute Gasteiger partial charge is 0.361 e. The summed E-state index contributed by atoms with van der Waals surface area (Å²) < 4.78 is 31.7. The summed E-state index contributed by atoms with van der Waals surface area (Å²) in [5.74, 6) is 0. The van der Waals surface area contributed by atoms with Crippen molar-refractivity contribution in [2.45, 2.75) is 11.8 Å². The highest BCUT2D eigenvalue weighted by molar-refractivity contribution is 7.92. The van der Waals surface area contributed by atoms with E-state index in [1.807, 2.05) is 37.2 Å². The smallest absolute Gasteiger partial charge is 0.296 e. The van der Waals surface area contributed by atoms with Gasteiger partial charge >= 0.3 is 0 Å². The first-order chi connectivity index (χ1) is 15.6. The Balaban J connectivity index is 1.83. The number of anilines is 2. The zero-order valence-electron chi connectivity index (χ0n) is 19.0. The molecule has 0 atom stereocenters. The molecule has 0 aliphatic rings. The number of nitrogens with one attached hydrogen (secondary N) is 3. The van der Waals surface area contributed by atoms with Crippen LogP contribution in [0, 0.1) is 6.92 Å². The van der Waals surface area contributed by atoms with E-state index in [1.54, 1.807) is 42.9 Å². The summed E-state index contributed by atoms with van der Waals surface area (Å²) in [5, 5.41) is 6.45. The molecule has 3 rings (SSSR count). The second kappa shape index (κ2) is 10.2. The number of sulfonamides is 1. The Bertz CT molecular complexity index is 1300. The fourth-order valence-electron chi connectivity index (χ4n) is 3.19. The van der Waals surface area contributed by atoms with Crippen LogP contribution in [0.4, 0.5) is 11.4 Å². The molecule has 0 unspecified atom stereocenters. The molecular formula is C22H28N6O3S2. The molecule has 3 aromatic rings. The van der Waals surface area contributed by atoms with E-state index in [1.165, 1.54) is 16.8 Å². The SMILES string of the molecule is Cc1c(NS(=O)(=O)c2cccc(NC(=S)NCCN(C)C)c2)c(=O)n(-c2ccccc2)n1C. The van der Waals surface area contributed by atoms with Gasteiger partial charge in [0.25, 0.3) is 15.6 Å². The van der Waals surface area contributed by atoms with Crippen LogP contribution in [0.2, 0.25) is 0 Å². The van der Waals surface area contributed by atoms with Crippen molar-refractivity contribution in [1.82, 2.24) is 19.6 Å². The summed E-state index contributed by atoms with van der Waals surface area (Å²) in [4.78, 5) is 15.1. The zero-order chi connectivity index (χ0) is 24.2. The lowest BCUT2D eigenvalue weighted by Gasteiger charge is -2.14. The summed E-state index contributed by atoms with van der Waals surface area (Å²) >= 11 is 5.27. The van der Waals surface area contributed by atoms with Gasteiger partial charge in [0.2, 0.25) is 0 Å². The standard InChI is InChI=1S/C22H28N6O3S2/c1-16-20(21(29)28(27(16)4)18-10-6-5-7-11-18)25-33(30,31)19-12-8-9-17(15-19)24-22(32)23-13-14-26(2)3/h5-12,15,25H,13-14H2,1-4H3,(H2,23,24,32). The third-order valence-electron chi connectivity index (χ3n) is 5.04. The quantitative estimate of drug-likeness (QED) is 0.418. The van der Waals surface area contributed by atoms with Gasteiger partial charge in [-0.05, 0) is 63.6 Å². The predicted molar refractivity (Wildman–Crippen MR) is 136 cm³/mol. The van der Waals surface area contributed by atoms with Crippen molar-refractivity contribution >= 4 is 38.7 Å². The average molecular weight is 489 g/mol. The number of likely N-dealkylation sites (N-methyl/N-ethyl adjacent to an activating group) is 1. The Morgan fingerprint density at radius 1 is 1.09 bits per heavy atom. The predicted octanol–water partition coefficient (Wildman–Crippen LogP) is 2.13. The second-order valence-corrected chi connectivity index (χ2v) is 9.84. The van der Waals surface area contributed by atoms with Gasteiger partial charge in [-0.1, -0.05) is 24.3 Å². The summed E-state index contributed by atoms with van der Waals surface area (Å²) in [6.45, 7) is 3.14. The number of nitrogens with zero attached hydrogens (tertiary/aromatic N) is 3. The molecule has 0 spiro atoms. The maximum absolute atomic E-state index is 13.1. The van der Waals surface area contributed by atoms with Crippen molar-refractivity contribution < 1.29 is 8.42 Å². The zero-order valence-corrected chi connectivity index (χ0v) is 20.6. The molecule has 0 radical (unpaired) electrons. The van der Waals surface area contributed by atoms with Gasteiger partial charge in [0, 0.05) is 25.8 Å². The first-order valence-corrected chi connectivity index (χ1v) is 12.2. The monoisotopic (exact) mass is 488 g/mol. The molecule has 3 N–H and O–H groups in total. The first-order valence-electron chi connectivity index (χ1n) is 10.3. The van der Waals surface area contributed by atoms with Crippen LogP contribution in [0.15, 0.2) is 64.3 Å². The Kier molecular flexibility index (Phi) is 7.57. The van der Waals surface area contributed by atoms with Crippen molar-refractivity contribution in [2.24, 2.45) is 7.05 Å². The number of aromatic nitrogens is 2. The number of hydrogen-bond donors (Lipinski definition) is 3. The lowest BCUT2D eigenvalue weighted by atomic mass is 10.3. The van der Waals surface area contributed by atoms with E-state index in [2.05, 4.69) is 15.4 Å². The molecule has 0 saturated heterocycles. The van der Waals surface area contributed by atoms with Gasteiger partial charge in [-0.15, -0.1) is 0 Å². The lowest BCUT2D eigenvalue weighted by molar-refractivity contribution is 0.413. The third-order valence-corrected chi connectivity index (χ3v) is 6.63. The van der Waals surface area contributed by atoms with E-state index < -0.39 is 15.6 Å². The molecule has 9 nitrogen and oxygen atoms in total. The van der Waals surface area contributed by atoms with Crippen LogP contribution >= 0.6 is 12.2 Å². The second-order valence-electron chi connectivity index (χ2n) is 7.75. The first kappa shape index (κ1) is 24.5. The summed E-state index contributed by atoms with van der Waals surface area (Å²) in [6, 6.07) is 15.3. The van der Waals surface area contributed by atoms with E-state index in [0.717, 1.165) is 6.54 Å². The molecule has 0 saturated carbocycles. The molecule has 11 heteroatoms. The molecule has 2 aromatic carbocycles. The molecule has 0 fully saturated rings. The summed E-state index contributed by atoms with van der Waals surface area (Å²) in [6.07, 6.45) is 0. The molecular weight excluding hydrogens is 460 g/mol. The Labute approximate surface area is 199 Å². The minimum absolute atomic E-state index is 0.000545. The normalized spacial score (nSPS) is 11.4. The molecule has 1 aromatic heterocycles. The third kappa shape index (κ3) is 5.81. The fourth-order valence-corrected chi connectivity index (χ4v) is 4.57. The van der Waals surface area contributed by atoms with E-state index in [9.17, 15) is 13.2 Å². The Morgan fingerprint density at radius 3 is 2.45 bits per heavy atom. The average Bonchev–Trinajstić information content (AvgIpc) is 2.97. The number of benzene rings is 2. The van der Waals surface area contributed by atoms with Crippen LogP contribution in [0.1, 0.15) is 5.69 Å². The molecule has 0 amide bonds. The van der Waals surface area contributed by atoms with Gasteiger partial charge in [-0.3, -0.25) is 14.2 Å². The number of thiocarbonyl (C=S) groups is 1. The van der Waals surface area contributed by atoms with E-state index in [4.69, 9.17) is 12.2 Å². The van der Waals surface area contributed by atoms with Crippen LogP contribution < -0.4 is 20.9 Å². The molecule has 33 heavy (non-hydrogen) atoms. The van der Waals surface area contributed by atoms with Gasteiger partial charge in [0.15, 0.2) is 5.11 Å². The van der Waals surface area contributed by atoms with E-state index >= 15 is 0 Å². The van der Waals surface area contributed by atoms with Crippen molar-refractivity contribution in [3.05, 3.63) is 70.6 Å². The molecule has 0 aliphatic heterocycles.